The van der Waals surface area contributed by atoms with E-state index in [0.29, 0.717) is 5.41 Å². The summed E-state index contributed by atoms with van der Waals surface area (Å²) >= 11 is 0. The molecule has 0 saturated carbocycles. The monoisotopic (exact) mass is 213 g/mol. The van der Waals surface area contributed by atoms with Gasteiger partial charge in [-0.1, -0.05) is 19.9 Å². The minimum atomic E-state index is 0.328. The van der Waals surface area contributed by atoms with Crippen LogP contribution >= 0.6 is 0 Å². The zero-order valence-electron chi connectivity index (χ0n) is 10.6. The lowest BCUT2D eigenvalue weighted by atomic mass is 9.91. The normalized spacial score (nSPS) is 18.0. The molecule has 1 aromatic heterocycles. The molecule has 1 aliphatic carbocycles. The Bertz CT molecular complexity index is 573. The molecule has 84 valence electrons. The summed E-state index contributed by atoms with van der Waals surface area (Å²) in [7, 11) is 0. The maximum Gasteiger partial charge on any atom is 0.0464 e. The fourth-order valence-electron chi connectivity index (χ4n) is 3.19. The highest BCUT2D eigenvalue weighted by Gasteiger charge is 2.33. The molecular weight excluding hydrogens is 194 g/mol. The van der Waals surface area contributed by atoms with Crippen LogP contribution in [0.3, 0.4) is 0 Å². The predicted octanol–water partition coefficient (Wildman–Crippen LogP) is 4.01. The molecular formula is C15H19N. The van der Waals surface area contributed by atoms with Gasteiger partial charge in [-0.05, 0) is 49.4 Å². The van der Waals surface area contributed by atoms with Crippen molar-refractivity contribution in [2.24, 2.45) is 0 Å². The molecule has 0 aliphatic heterocycles. The number of H-pyrrole nitrogens is 1. The summed E-state index contributed by atoms with van der Waals surface area (Å²) < 4.78 is 0. The second-order valence-corrected chi connectivity index (χ2v) is 5.87. The third-order valence-electron chi connectivity index (χ3n) is 4.02. The van der Waals surface area contributed by atoms with E-state index < -0.39 is 0 Å². The molecule has 0 bridgehead atoms. The number of benzene rings is 1. The highest BCUT2D eigenvalue weighted by molar-refractivity contribution is 5.89. The van der Waals surface area contributed by atoms with Gasteiger partial charge in [0.1, 0.15) is 0 Å². The lowest BCUT2D eigenvalue weighted by Gasteiger charge is -2.16. The molecule has 1 aliphatic rings. The van der Waals surface area contributed by atoms with Crippen molar-refractivity contribution < 1.29 is 0 Å². The Labute approximate surface area is 96.9 Å². The molecule has 0 atom stereocenters. The Kier molecular flexibility index (Phi) is 1.81. The van der Waals surface area contributed by atoms with Crippen LogP contribution in [0.4, 0.5) is 0 Å². The standard InChI is InChI=1S/C15H19N/c1-9-7-10(2)13-11-5-6-15(3,4)14(11)16-12(13)8-9/h7-8,16H,5-6H2,1-4H3. The van der Waals surface area contributed by atoms with E-state index in [9.17, 15) is 0 Å². The molecule has 1 heterocycles. The molecule has 1 heteroatoms. The van der Waals surface area contributed by atoms with E-state index in [2.05, 4.69) is 44.8 Å². The van der Waals surface area contributed by atoms with E-state index in [0.717, 1.165) is 0 Å². The number of rotatable bonds is 0. The molecule has 0 radical (unpaired) electrons. The van der Waals surface area contributed by atoms with Gasteiger partial charge in [-0.3, -0.25) is 0 Å². The summed E-state index contributed by atoms with van der Waals surface area (Å²) in [6.07, 6.45) is 2.50. The van der Waals surface area contributed by atoms with Crippen molar-refractivity contribution in [3.63, 3.8) is 0 Å². The minimum Gasteiger partial charge on any atom is -0.358 e. The van der Waals surface area contributed by atoms with Crippen molar-refractivity contribution in [1.29, 1.82) is 0 Å². The highest BCUT2D eigenvalue weighted by Crippen LogP contribution is 2.42. The van der Waals surface area contributed by atoms with Gasteiger partial charge in [0.15, 0.2) is 0 Å². The van der Waals surface area contributed by atoms with Gasteiger partial charge in [0.2, 0.25) is 0 Å². The molecule has 0 fully saturated rings. The first-order chi connectivity index (χ1) is 7.49. The number of aromatic amines is 1. The van der Waals surface area contributed by atoms with Crippen molar-refractivity contribution in [3.8, 4) is 0 Å². The van der Waals surface area contributed by atoms with Gasteiger partial charge in [-0.15, -0.1) is 0 Å². The summed E-state index contributed by atoms with van der Waals surface area (Å²) in [5.74, 6) is 0. The molecule has 16 heavy (non-hydrogen) atoms. The smallest absolute Gasteiger partial charge is 0.0464 e. The number of hydrogen-bond donors (Lipinski definition) is 1. The molecule has 0 unspecified atom stereocenters. The number of hydrogen-bond acceptors (Lipinski definition) is 0. The predicted molar refractivity (Wildman–Crippen MR) is 69.1 cm³/mol. The number of fused-ring (bicyclic) bond motifs is 3. The van der Waals surface area contributed by atoms with Crippen LogP contribution in [0.25, 0.3) is 10.9 Å². The van der Waals surface area contributed by atoms with E-state index in [4.69, 9.17) is 0 Å². The van der Waals surface area contributed by atoms with Crippen LogP contribution in [0.15, 0.2) is 12.1 Å². The van der Waals surface area contributed by atoms with Gasteiger partial charge in [0.25, 0.3) is 0 Å². The van der Waals surface area contributed by atoms with Gasteiger partial charge in [-0.2, -0.15) is 0 Å². The first-order valence-electron chi connectivity index (χ1n) is 6.11. The summed E-state index contributed by atoms with van der Waals surface area (Å²) in [6.45, 7) is 9.09. The molecule has 0 amide bonds. The Balaban J connectivity index is 2.40. The second kappa shape index (κ2) is 2.91. The molecule has 0 saturated heterocycles. The number of nitrogens with one attached hydrogen (secondary N) is 1. The average molecular weight is 213 g/mol. The molecule has 1 N–H and O–H groups in total. The molecule has 2 aromatic rings. The third kappa shape index (κ3) is 1.17. The van der Waals surface area contributed by atoms with Crippen LogP contribution in [0.1, 0.15) is 42.7 Å². The van der Waals surface area contributed by atoms with E-state index >= 15 is 0 Å². The SMILES string of the molecule is Cc1cc(C)c2c3c([nH]c2c1)C(C)(C)CC3. The van der Waals surface area contributed by atoms with Crippen molar-refractivity contribution in [1.82, 2.24) is 4.98 Å². The van der Waals surface area contributed by atoms with E-state index in [1.807, 2.05) is 0 Å². The van der Waals surface area contributed by atoms with E-state index in [-0.39, 0.29) is 0 Å². The quantitative estimate of drug-likeness (QED) is 0.680. The molecule has 1 aromatic carbocycles. The Morgan fingerprint density at radius 1 is 1.19 bits per heavy atom. The van der Waals surface area contributed by atoms with Gasteiger partial charge in [0, 0.05) is 22.0 Å². The Morgan fingerprint density at radius 2 is 1.94 bits per heavy atom. The first kappa shape index (κ1) is 9.95. The molecule has 0 spiro atoms. The van der Waals surface area contributed by atoms with E-state index in [1.54, 1.807) is 5.56 Å². The van der Waals surface area contributed by atoms with Crippen LogP contribution in [0.5, 0.6) is 0 Å². The maximum absolute atomic E-state index is 3.65. The third-order valence-corrected chi connectivity index (χ3v) is 4.02. The average Bonchev–Trinajstić information content (AvgIpc) is 2.65. The summed E-state index contributed by atoms with van der Waals surface area (Å²) in [6, 6.07) is 4.57. The Morgan fingerprint density at radius 3 is 2.69 bits per heavy atom. The van der Waals surface area contributed by atoms with Crippen molar-refractivity contribution in [2.45, 2.75) is 46.0 Å². The maximum atomic E-state index is 3.65. The zero-order chi connectivity index (χ0) is 11.5. The van der Waals surface area contributed by atoms with Gasteiger partial charge < -0.3 is 4.98 Å². The van der Waals surface area contributed by atoms with Crippen LogP contribution in [-0.4, -0.2) is 4.98 Å². The zero-order valence-corrected chi connectivity index (χ0v) is 10.6. The first-order valence-corrected chi connectivity index (χ1v) is 6.11. The van der Waals surface area contributed by atoms with Crippen LogP contribution < -0.4 is 0 Å². The highest BCUT2D eigenvalue weighted by atomic mass is 14.8. The fraction of sp³-hybridized carbons (Fsp3) is 0.467. The van der Waals surface area contributed by atoms with Gasteiger partial charge in [0.05, 0.1) is 0 Å². The lowest BCUT2D eigenvalue weighted by molar-refractivity contribution is 0.510. The van der Waals surface area contributed by atoms with Crippen molar-refractivity contribution >= 4 is 10.9 Å². The number of aryl methyl sites for hydroxylation is 3. The molecule has 1 nitrogen and oxygen atoms in total. The summed E-state index contributed by atoms with van der Waals surface area (Å²) in [4.78, 5) is 3.65. The van der Waals surface area contributed by atoms with Crippen molar-refractivity contribution in [3.05, 3.63) is 34.5 Å². The van der Waals surface area contributed by atoms with Crippen molar-refractivity contribution in [2.75, 3.05) is 0 Å². The van der Waals surface area contributed by atoms with Crippen LogP contribution in [0, 0.1) is 13.8 Å². The minimum absolute atomic E-state index is 0.328. The largest absolute Gasteiger partial charge is 0.358 e. The summed E-state index contributed by atoms with van der Waals surface area (Å²) in [5, 5.41) is 1.48. The number of aromatic nitrogens is 1. The van der Waals surface area contributed by atoms with Crippen LogP contribution in [-0.2, 0) is 11.8 Å². The molecule has 3 rings (SSSR count). The van der Waals surface area contributed by atoms with Crippen LogP contribution in [0.2, 0.25) is 0 Å². The van der Waals surface area contributed by atoms with Gasteiger partial charge >= 0.3 is 0 Å². The van der Waals surface area contributed by atoms with E-state index in [1.165, 1.54) is 40.6 Å². The lowest BCUT2D eigenvalue weighted by Crippen LogP contribution is -2.12. The summed E-state index contributed by atoms with van der Waals surface area (Å²) in [5.41, 5.74) is 7.46. The fourth-order valence-corrected chi connectivity index (χ4v) is 3.19. The second-order valence-electron chi connectivity index (χ2n) is 5.87. The van der Waals surface area contributed by atoms with Gasteiger partial charge in [-0.25, -0.2) is 0 Å². The topological polar surface area (TPSA) is 15.8 Å². The Hall–Kier alpha value is -1.24.